The molecule has 0 bridgehead atoms. The highest BCUT2D eigenvalue weighted by Crippen LogP contribution is 2.23. The van der Waals surface area contributed by atoms with Crippen molar-refractivity contribution in [2.75, 3.05) is 32.7 Å². The van der Waals surface area contributed by atoms with E-state index in [-0.39, 0.29) is 0 Å². The Kier molecular flexibility index (Phi) is 6.11. The van der Waals surface area contributed by atoms with Crippen LogP contribution in [0.2, 0.25) is 0 Å². The van der Waals surface area contributed by atoms with Crippen molar-refractivity contribution in [3.63, 3.8) is 0 Å². The van der Waals surface area contributed by atoms with Crippen molar-refractivity contribution in [2.24, 2.45) is 0 Å². The maximum Gasteiger partial charge on any atom is 0.0221 e. The van der Waals surface area contributed by atoms with Crippen LogP contribution < -0.4 is 5.32 Å². The lowest BCUT2D eigenvalue weighted by Crippen LogP contribution is -2.59. The van der Waals surface area contributed by atoms with Gasteiger partial charge in [-0.25, -0.2) is 0 Å². The van der Waals surface area contributed by atoms with Gasteiger partial charge >= 0.3 is 0 Å². The SMILES string of the molecule is CCC1CN(C2CCCN(CC)CC2)C(CC)CN1. The minimum atomic E-state index is 0.716. The normalized spacial score (nSPS) is 35.2. The number of likely N-dealkylation sites (tertiary alicyclic amines) is 1. The molecule has 3 atom stereocenters. The number of piperazine rings is 1. The zero-order chi connectivity index (χ0) is 13.7. The van der Waals surface area contributed by atoms with E-state index in [1.54, 1.807) is 0 Å². The van der Waals surface area contributed by atoms with Gasteiger partial charge in [-0.3, -0.25) is 4.90 Å². The minimum Gasteiger partial charge on any atom is -0.311 e. The van der Waals surface area contributed by atoms with Crippen molar-refractivity contribution in [1.29, 1.82) is 0 Å². The maximum atomic E-state index is 3.72. The Morgan fingerprint density at radius 1 is 1.05 bits per heavy atom. The second-order valence-corrected chi connectivity index (χ2v) is 6.29. The van der Waals surface area contributed by atoms with Crippen molar-refractivity contribution >= 4 is 0 Å². The van der Waals surface area contributed by atoms with Crippen LogP contribution in [0.5, 0.6) is 0 Å². The van der Waals surface area contributed by atoms with Gasteiger partial charge in [0.15, 0.2) is 0 Å². The molecule has 2 fully saturated rings. The summed E-state index contributed by atoms with van der Waals surface area (Å²) in [6, 6.07) is 2.31. The summed E-state index contributed by atoms with van der Waals surface area (Å²) in [4.78, 5) is 5.48. The number of hydrogen-bond donors (Lipinski definition) is 1. The van der Waals surface area contributed by atoms with Crippen LogP contribution in [-0.2, 0) is 0 Å². The molecule has 1 N–H and O–H groups in total. The van der Waals surface area contributed by atoms with E-state index in [1.807, 2.05) is 0 Å². The van der Waals surface area contributed by atoms with Crippen LogP contribution in [0.15, 0.2) is 0 Å². The predicted octanol–water partition coefficient (Wildman–Crippen LogP) is 2.32. The first-order valence-corrected chi connectivity index (χ1v) is 8.49. The molecule has 0 aromatic rings. The summed E-state index contributed by atoms with van der Waals surface area (Å²) in [7, 11) is 0. The van der Waals surface area contributed by atoms with Crippen molar-refractivity contribution in [1.82, 2.24) is 15.1 Å². The van der Waals surface area contributed by atoms with Crippen LogP contribution in [0.4, 0.5) is 0 Å². The fourth-order valence-corrected chi connectivity index (χ4v) is 3.77. The Hall–Kier alpha value is -0.120. The maximum absolute atomic E-state index is 3.72. The average Bonchev–Trinajstić information content (AvgIpc) is 2.71. The molecular weight excluding hydrogens is 234 g/mol. The van der Waals surface area contributed by atoms with Gasteiger partial charge in [-0.2, -0.15) is 0 Å². The summed E-state index contributed by atoms with van der Waals surface area (Å²) in [6.07, 6.45) is 6.72. The van der Waals surface area contributed by atoms with Gasteiger partial charge in [0.25, 0.3) is 0 Å². The molecule has 3 heteroatoms. The second-order valence-electron chi connectivity index (χ2n) is 6.29. The molecule has 3 unspecified atom stereocenters. The largest absolute Gasteiger partial charge is 0.311 e. The van der Waals surface area contributed by atoms with Crippen LogP contribution in [0.25, 0.3) is 0 Å². The van der Waals surface area contributed by atoms with Crippen molar-refractivity contribution in [3.8, 4) is 0 Å². The molecule has 2 aliphatic rings. The van der Waals surface area contributed by atoms with Crippen molar-refractivity contribution in [3.05, 3.63) is 0 Å². The van der Waals surface area contributed by atoms with E-state index in [9.17, 15) is 0 Å². The van der Waals surface area contributed by atoms with E-state index in [4.69, 9.17) is 0 Å². The molecule has 2 aliphatic heterocycles. The zero-order valence-corrected chi connectivity index (χ0v) is 13.2. The Balaban J connectivity index is 1.96. The van der Waals surface area contributed by atoms with Gasteiger partial charge in [0.05, 0.1) is 0 Å². The summed E-state index contributed by atoms with van der Waals surface area (Å²) in [6.45, 7) is 13.3. The highest BCUT2D eigenvalue weighted by molar-refractivity contribution is 4.90. The standard InChI is InChI=1S/C16H33N3/c1-4-14-13-19(15(5-2)12-17-14)16-8-7-10-18(6-3)11-9-16/h14-17H,4-13H2,1-3H3. The third-order valence-electron chi connectivity index (χ3n) is 5.21. The van der Waals surface area contributed by atoms with E-state index < -0.39 is 0 Å². The van der Waals surface area contributed by atoms with Gasteiger partial charge < -0.3 is 10.2 Å². The molecule has 0 saturated carbocycles. The van der Waals surface area contributed by atoms with Gasteiger partial charge in [-0.1, -0.05) is 20.8 Å². The van der Waals surface area contributed by atoms with E-state index in [2.05, 4.69) is 35.9 Å². The lowest BCUT2D eigenvalue weighted by molar-refractivity contribution is 0.0698. The van der Waals surface area contributed by atoms with Crippen molar-refractivity contribution in [2.45, 2.75) is 71.0 Å². The van der Waals surface area contributed by atoms with Gasteiger partial charge in [-0.05, 0) is 51.7 Å². The van der Waals surface area contributed by atoms with Crippen LogP contribution in [0.1, 0.15) is 52.9 Å². The molecule has 0 aromatic heterocycles. The third kappa shape index (κ3) is 3.93. The Morgan fingerprint density at radius 2 is 1.89 bits per heavy atom. The lowest BCUT2D eigenvalue weighted by atomic mass is 9.98. The smallest absolute Gasteiger partial charge is 0.0221 e. The average molecular weight is 267 g/mol. The molecule has 2 heterocycles. The first kappa shape index (κ1) is 15.3. The van der Waals surface area contributed by atoms with Crippen LogP contribution in [-0.4, -0.2) is 60.6 Å². The number of nitrogens with one attached hydrogen (secondary N) is 1. The molecule has 2 saturated heterocycles. The van der Waals surface area contributed by atoms with Crippen LogP contribution in [0.3, 0.4) is 0 Å². The molecular formula is C16H33N3. The summed E-state index contributed by atoms with van der Waals surface area (Å²) in [5.41, 5.74) is 0. The first-order chi connectivity index (χ1) is 9.28. The monoisotopic (exact) mass is 267 g/mol. The predicted molar refractivity (Wildman–Crippen MR) is 82.6 cm³/mol. The second kappa shape index (κ2) is 7.61. The Morgan fingerprint density at radius 3 is 2.58 bits per heavy atom. The Bertz CT molecular complexity index is 256. The van der Waals surface area contributed by atoms with E-state index >= 15 is 0 Å². The first-order valence-electron chi connectivity index (χ1n) is 8.49. The number of hydrogen-bond acceptors (Lipinski definition) is 3. The van der Waals surface area contributed by atoms with Crippen molar-refractivity contribution < 1.29 is 0 Å². The fourth-order valence-electron chi connectivity index (χ4n) is 3.77. The lowest BCUT2D eigenvalue weighted by Gasteiger charge is -2.44. The molecule has 0 spiro atoms. The minimum absolute atomic E-state index is 0.716. The highest BCUT2D eigenvalue weighted by Gasteiger charge is 2.31. The van der Waals surface area contributed by atoms with Gasteiger partial charge in [0.2, 0.25) is 0 Å². The molecule has 19 heavy (non-hydrogen) atoms. The topological polar surface area (TPSA) is 18.5 Å². The quantitative estimate of drug-likeness (QED) is 0.843. The van der Waals surface area contributed by atoms with E-state index in [1.165, 1.54) is 64.8 Å². The molecule has 0 radical (unpaired) electrons. The molecule has 2 rings (SSSR count). The number of nitrogens with zero attached hydrogens (tertiary/aromatic N) is 2. The molecule has 0 amide bonds. The van der Waals surface area contributed by atoms with Crippen LogP contribution >= 0.6 is 0 Å². The molecule has 3 nitrogen and oxygen atoms in total. The zero-order valence-electron chi connectivity index (χ0n) is 13.2. The van der Waals surface area contributed by atoms with Gasteiger partial charge in [-0.15, -0.1) is 0 Å². The molecule has 112 valence electrons. The van der Waals surface area contributed by atoms with E-state index in [0.29, 0.717) is 6.04 Å². The summed E-state index contributed by atoms with van der Waals surface area (Å²) < 4.78 is 0. The molecule has 0 aromatic carbocycles. The Labute approximate surface area is 119 Å². The highest BCUT2D eigenvalue weighted by atomic mass is 15.3. The van der Waals surface area contributed by atoms with Gasteiger partial charge in [0.1, 0.15) is 0 Å². The van der Waals surface area contributed by atoms with E-state index in [0.717, 1.165) is 12.1 Å². The summed E-state index contributed by atoms with van der Waals surface area (Å²) >= 11 is 0. The summed E-state index contributed by atoms with van der Waals surface area (Å²) in [5, 5.41) is 3.72. The third-order valence-corrected chi connectivity index (χ3v) is 5.21. The molecule has 0 aliphatic carbocycles. The fraction of sp³-hybridized carbons (Fsp3) is 1.00. The van der Waals surface area contributed by atoms with Crippen LogP contribution in [0, 0.1) is 0 Å². The summed E-state index contributed by atoms with van der Waals surface area (Å²) in [5.74, 6) is 0. The van der Waals surface area contributed by atoms with Gasteiger partial charge in [0, 0.05) is 31.2 Å². The number of rotatable bonds is 4.